The van der Waals surface area contributed by atoms with Gasteiger partial charge in [-0.15, -0.1) is 0 Å². The molecule has 3 heterocycles. The first-order valence-electron chi connectivity index (χ1n) is 14.8. The van der Waals surface area contributed by atoms with Crippen LogP contribution in [0.3, 0.4) is 0 Å². The molecule has 236 valence electrons. The fourth-order valence-corrected chi connectivity index (χ4v) is 7.32. The number of esters is 1. The number of carbonyl (C=O) groups is 1. The lowest BCUT2D eigenvalue weighted by atomic mass is 9.95. The number of allylic oxidation sites excluding steroid dienone is 1. The summed E-state index contributed by atoms with van der Waals surface area (Å²) in [5, 5.41) is 0.920. The van der Waals surface area contributed by atoms with Gasteiger partial charge in [-0.2, -0.15) is 0 Å². The van der Waals surface area contributed by atoms with E-state index in [4.69, 9.17) is 19.2 Å². The second kappa shape index (κ2) is 13.1. The zero-order valence-electron chi connectivity index (χ0n) is 25.7. The molecule has 11 heteroatoms. The van der Waals surface area contributed by atoms with Crippen LogP contribution in [0, 0.1) is 5.82 Å². The van der Waals surface area contributed by atoms with Gasteiger partial charge in [0.15, 0.2) is 16.3 Å². The number of aromatic nitrogens is 2. The van der Waals surface area contributed by atoms with Gasteiger partial charge in [-0.3, -0.25) is 9.36 Å². The lowest BCUT2D eigenvalue weighted by molar-refractivity contribution is -0.139. The van der Waals surface area contributed by atoms with E-state index in [0.29, 0.717) is 55.3 Å². The first kappa shape index (κ1) is 31.5. The number of hydrogen-bond donors (Lipinski definition) is 0. The van der Waals surface area contributed by atoms with E-state index in [-0.39, 0.29) is 23.6 Å². The Balaban J connectivity index is 1.55. The standard InChI is InChI=1S/C35H31BrFN3O5S/c1-5-44-29-17-25(36)24(16-28(29)43-4)32-31(34(42)45-6-2)20(3)38-35-40(32)33(41)30(46-35)15-22-19-39(27-14-10-8-12-23(22)27)18-21-11-7-9-13-26(21)37/h7-17,19,32H,5-6,18H2,1-4H3/b30-15+/t32-/m1/s1. The minimum Gasteiger partial charge on any atom is -0.493 e. The Morgan fingerprint density at radius 1 is 1.09 bits per heavy atom. The van der Waals surface area contributed by atoms with Gasteiger partial charge in [-0.05, 0) is 56.7 Å². The maximum absolute atomic E-state index is 14.6. The number of ether oxygens (including phenoxy) is 3. The quantitative estimate of drug-likeness (QED) is 0.173. The highest BCUT2D eigenvalue weighted by Gasteiger charge is 2.35. The molecule has 0 saturated heterocycles. The number of fused-ring (bicyclic) bond motifs is 2. The zero-order chi connectivity index (χ0) is 32.5. The number of benzene rings is 3. The van der Waals surface area contributed by atoms with E-state index in [2.05, 4.69) is 15.9 Å². The van der Waals surface area contributed by atoms with Crippen molar-refractivity contribution in [3.8, 4) is 11.5 Å². The Hall–Kier alpha value is -4.48. The highest BCUT2D eigenvalue weighted by atomic mass is 79.9. The van der Waals surface area contributed by atoms with Gasteiger partial charge in [0.2, 0.25) is 0 Å². The molecule has 46 heavy (non-hydrogen) atoms. The van der Waals surface area contributed by atoms with Crippen LogP contribution in [-0.2, 0) is 16.1 Å². The Kier molecular flexibility index (Phi) is 8.97. The molecular formula is C35H31BrFN3O5S. The van der Waals surface area contributed by atoms with Crippen molar-refractivity contribution in [2.75, 3.05) is 20.3 Å². The van der Waals surface area contributed by atoms with Gasteiger partial charge in [0.25, 0.3) is 5.56 Å². The minimum atomic E-state index is -0.848. The average Bonchev–Trinajstić information content (AvgIpc) is 3.54. The van der Waals surface area contributed by atoms with Crippen LogP contribution < -0.4 is 24.4 Å². The molecule has 0 bridgehead atoms. The third kappa shape index (κ3) is 5.69. The first-order valence-corrected chi connectivity index (χ1v) is 16.4. The number of nitrogens with zero attached hydrogens (tertiary/aromatic N) is 3. The van der Waals surface area contributed by atoms with E-state index in [1.54, 1.807) is 38.1 Å². The van der Waals surface area contributed by atoms with Gasteiger partial charge < -0.3 is 18.8 Å². The van der Waals surface area contributed by atoms with Crippen LogP contribution in [0.4, 0.5) is 4.39 Å². The molecule has 0 aliphatic carbocycles. The monoisotopic (exact) mass is 703 g/mol. The Labute approximate surface area is 276 Å². The molecule has 0 spiro atoms. The molecule has 1 aliphatic rings. The summed E-state index contributed by atoms with van der Waals surface area (Å²) in [6.07, 6.45) is 3.76. The van der Waals surface area contributed by atoms with Crippen LogP contribution in [0.5, 0.6) is 11.5 Å². The molecule has 0 unspecified atom stereocenters. The van der Waals surface area contributed by atoms with E-state index >= 15 is 0 Å². The fourth-order valence-electron chi connectivity index (χ4n) is 5.75. The molecule has 0 N–H and O–H groups in total. The van der Waals surface area contributed by atoms with Crippen LogP contribution in [0.25, 0.3) is 17.0 Å². The number of hydrogen-bond acceptors (Lipinski definition) is 7. The van der Waals surface area contributed by atoms with Crippen LogP contribution in [-0.4, -0.2) is 35.4 Å². The summed E-state index contributed by atoms with van der Waals surface area (Å²) >= 11 is 4.90. The molecule has 8 nitrogen and oxygen atoms in total. The van der Waals surface area contributed by atoms with Gasteiger partial charge in [0.05, 0.1) is 48.7 Å². The largest absolute Gasteiger partial charge is 0.493 e. The van der Waals surface area contributed by atoms with Gasteiger partial charge in [0, 0.05) is 32.7 Å². The fraction of sp³-hybridized carbons (Fsp3) is 0.229. The third-order valence-corrected chi connectivity index (χ3v) is 9.47. The number of thiazole rings is 1. The lowest BCUT2D eigenvalue weighted by Crippen LogP contribution is -2.40. The molecule has 0 fully saturated rings. The summed E-state index contributed by atoms with van der Waals surface area (Å²) in [6.45, 7) is 6.28. The van der Waals surface area contributed by atoms with Crippen molar-refractivity contribution in [1.82, 2.24) is 9.13 Å². The van der Waals surface area contributed by atoms with Crippen molar-refractivity contribution in [2.45, 2.75) is 33.4 Å². The van der Waals surface area contributed by atoms with Crippen molar-refractivity contribution >= 4 is 50.2 Å². The van der Waals surface area contributed by atoms with E-state index in [9.17, 15) is 14.0 Å². The summed E-state index contributed by atoms with van der Waals surface area (Å²) < 4.78 is 36.0. The molecule has 1 atom stereocenters. The summed E-state index contributed by atoms with van der Waals surface area (Å²) in [6, 6.07) is 17.2. The molecule has 1 aliphatic heterocycles. The van der Waals surface area contributed by atoms with Gasteiger partial charge in [-0.25, -0.2) is 14.2 Å². The maximum atomic E-state index is 14.6. The van der Waals surface area contributed by atoms with Crippen molar-refractivity contribution in [2.24, 2.45) is 4.99 Å². The van der Waals surface area contributed by atoms with E-state index in [1.165, 1.54) is 29.1 Å². The molecule has 0 saturated carbocycles. The second-order valence-electron chi connectivity index (χ2n) is 10.6. The van der Waals surface area contributed by atoms with Gasteiger partial charge in [0.1, 0.15) is 5.82 Å². The van der Waals surface area contributed by atoms with Crippen LogP contribution in [0.15, 0.2) is 92.4 Å². The van der Waals surface area contributed by atoms with Gasteiger partial charge in [-0.1, -0.05) is 63.7 Å². The molecule has 5 aromatic rings. The smallest absolute Gasteiger partial charge is 0.338 e. The predicted molar refractivity (Wildman–Crippen MR) is 180 cm³/mol. The van der Waals surface area contributed by atoms with E-state index in [0.717, 1.165) is 16.5 Å². The predicted octanol–water partition coefficient (Wildman–Crippen LogP) is 6.11. The number of rotatable bonds is 9. The third-order valence-electron chi connectivity index (χ3n) is 7.80. The second-order valence-corrected chi connectivity index (χ2v) is 12.4. The van der Waals surface area contributed by atoms with Gasteiger partial charge >= 0.3 is 5.97 Å². The normalized spacial score (nSPS) is 14.7. The van der Waals surface area contributed by atoms with Crippen molar-refractivity contribution < 1.29 is 23.4 Å². The molecule has 2 aromatic heterocycles. The molecule has 0 amide bonds. The lowest BCUT2D eigenvalue weighted by Gasteiger charge is -2.26. The maximum Gasteiger partial charge on any atom is 0.338 e. The molecular weight excluding hydrogens is 673 g/mol. The van der Waals surface area contributed by atoms with Crippen molar-refractivity contribution in [3.05, 3.63) is 125 Å². The molecule has 0 radical (unpaired) electrons. The summed E-state index contributed by atoms with van der Waals surface area (Å²) in [5.41, 5.74) is 3.30. The van der Waals surface area contributed by atoms with E-state index < -0.39 is 12.0 Å². The molecule has 6 rings (SSSR count). The number of halogens is 2. The summed E-state index contributed by atoms with van der Waals surface area (Å²) in [4.78, 5) is 32.9. The van der Waals surface area contributed by atoms with Crippen LogP contribution in [0.2, 0.25) is 0 Å². The average molecular weight is 705 g/mol. The van der Waals surface area contributed by atoms with Crippen LogP contribution in [0.1, 0.15) is 43.5 Å². The number of para-hydroxylation sites is 1. The highest BCUT2D eigenvalue weighted by molar-refractivity contribution is 9.10. The zero-order valence-corrected chi connectivity index (χ0v) is 28.1. The Bertz CT molecular complexity index is 2200. The summed E-state index contributed by atoms with van der Waals surface area (Å²) in [7, 11) is 1.54. The molecule has 3 aromatic carbocycles. The van der Waals surface area contributed by atoms with Crippen LogP contribution >= 0.6 is 27.3 Å². The summed E-state index contributed by atoms with van der Waals surface area (Å²) in [5.74, 6) is 0.153. The topological polar surface area (TPSA) is 84.1 Å². The van der Waals surface area contributed by atoms with Crippen molar-refractivity contribution in [1.29, 1.82) is 0 Å². The Morgan fingerprint density at radius 3 is 2.59 bits per heavy atom. The minimum absolute atomic E-state index is 0.164. The highest BCUT2D eigenvalue weighted by Crippen LogP contribution is 2.41. The van der Waals surface area contributed by atoms with E-state index in [1.807, 2.05) is 54.1 Å². The Morgan fingerprint density at radius 2 is 1.85 bits per heavy atom. The van der Waals surface area contributed by atoms with Crippen molar-refractivity contribution in [3.63, 3.8) is 0 Å². The number of carbonyl (C=O) groups excluding carboxylic acids is 1. The SMILES string of the molecule is CCOC(=O)C1=C(C)N=c2s/c(=C/c3cn(Cc4ccccc4F)c4ccccc34)c(=O)n2[C@@H]1c1cc(OC)c(OCC)cc1Br. The number of methoxy groups -OCH3 is 1. The first-order chi connectivity index (χ1) is 22.2.